The molecule has 1 N–H and O–H groups in total. The zero-order chi connectivity index (χ0) is 6.57. The van der Waals surface area contributed by atoms with Gasteiger partial charge in [-0.15, -0.1) is 0 Å². The monoisotopic (exact) mass is 117 g/mol. The Balaban J connectivity index is 3.52. The third-order valence-electron chi connectivity index (χ3n) is 0.538. The molecule has 0 bridgehead atoms. The van der Waals surface area contributed by atoms with Gasteiger partial charge in [0, 0.05) is 0 Å². The fourth-order valence-electron chi connectivity index (χ4n) is 0.167. The third-order valence-corrected chi connectivity index (χ3v) is 0.538. The number of carboxylic acid groups (broad SMARTS) is 1. The molecule has 0 amide bonds. The molecule has 44 valence electrons. The van der Waals surface area contributed by atoms with Crippen LogP contribution < -0.4 is 0 Å². The standard InChI is InChI=1S/C4H4FNO2/c5-3(1-2-6)4(7)8/h3H,1H2,(H,7,8)/t3-/m0/s1. The van der Waals surface area contributed by atoms with E-state index in [1.54, 1.807) is 0 Å². The number of aliphatic carboxylic acids is 1. The maximum atomic E-state index is 11.7. The zero-order valence-electron chi connectivity index (χ0n) is 3.97. The van der Waals surface area contributed by atoms with Crippen molar-refractivity contribution >= 4 is 5.97 Å². The van der Waals surface area contributed by atoms with Crippen LogP contribution in [-0.4, -0.2) is 17.2 Å². The third kappa shape index (κ3) is 2.13. The molecule has 0 saturated heterocycles. The lowest BCUT2D eigenvalue weighted by Gasteiger charge is -1.90. The van der Waals surface area contributed by atoms with E-state index in [0.29, 0.717) is 0 Å². The summed E-state index contributed by atoms with van der Waals surface area (Å²) < 4.78 is 11.7. The average molecular weight is 117 g/mol. The molecule has 4 heteroatoms. The number of hydrogen-bond donors (Lipinski definition) is 1. The number of alkyl halides is 1. The second-order valence-electron chi connectivity index (χ2n) is 1.17. The molecule has 0 spiro atoms. The van der Waals surface area contributed by atoms with Crippen molar-refractivity contribution in [1.29, 1.82) is 5.26 Å². The Morgan fingerprint density at radius 1 is 2.00 bits per heavy atom. The molecule has 0 unspecified atom stereocenters. The summed E-state index contributed by atoms with van der Waals surface area (Å²) in [6.07, 6.45) is -2.60. The summed E-state index contributed by atoms with van der Waals surface area (Å²) in [6.45, 7) is 0. The first-order chi connectivity index (χ1) is 3.68. The van der Waals surface area contributed by atoms with Gasteiger partial charge in [-0.2, -0.15) is 5.26 Å². The second kappa shape index (κ2) is 2.97. The van der Waals surface area contributed by atoms with E-state index in [1.165, 1.54) is 6.07 Å². The van der Waals surface area contributed by atoms with E-state index in [1.807, 2.05) is 0 Å². The van der Waals surface area contributed by atoms with Crippen LogP contribution in [0.4, 0.5) is 4.39 Å². The summed E-state index contributed by atoms with van der Waals surface area (Å²) >= 11 is 0. The van der Waals surface area contributed by atoms with E-state index in [9.17, 15) is 9.18 Å². The van der Waals surface area contributed by atoms with Crippen molar-refractivity contribution in [3.63, 3.8) is 0 Å². The molecule has 0 aliphatic rings. The van der Waals surface area contributed by atoms with Crippen LogP contribution in [-0.2, 0) is 4.79 Å². The van der Waals surface area contributed by atoms with Crippen LogP contribution in [0.3, 0.4) is 0 Å². The summed E-state index contributed by atoms with van der Waals surface area (Å²) in [5.41, 5.74) is 0. The molecule has 1 atom stereocenters. The summed E-state index contributed by atoms with van der Waals surface area (Å²) in [5.74, 6) is -1.58. The van der Waals surface area contributed by atoms with Crippen LogP contribution in [0.2, 0.25) is 0 Å². The molecular weight excluding hydrogens is 113 g/mol. The molecule has 0 radical (unpaired) electrons. The number of carboxylic acids is 1. The van der Waals surface area contributed by atoms with Crippen LogP contribution in [0, 0.1) is 11.3 Å². The number of nitrogens with zero attached hydrogens (tertiary/aromatic N) is 1. The highest BCUT2D eigenvalue weighted by Crippen LogP contribution is 1.94. The van der Waals surface area contributed by atoms with Gasteiger partial charge < -0.3 is 5.11 Å². The minimum Gasteiger partial charge on any atom is -0.479 e. The highest BCUT2D eigenvalue weighted by Gasteiger charge is 2.13. The van der Waals surface area contributed by atoms with Gasteiger partial charge >= 0.3 is 5.97 Å². The molecule has 0 aliphatic heterocycles. The average Bonchev–Trinajstić information content (AvgIpc) is 1.67. The Hall–Kier alpha value is -1.11. The second-order valence-corrected chi connectivity index (χ2v) is 1.17. The lowest BCUT2D eigenvalue weighted by Crippen LogP contribution is -2.12. The van der Waals surface area contributed by atoms with Crippen molar-refractivity contribution in [2.75, 3.05) is 0 Å². The molecular formula is C4H4FNO2. The molecule has 0 saturated carbocycles. The van der Waals surface area contributed by atoms with Gasteiger partial charge in [-0.3, -0.25) is 0 Å². The van der Waals surface area contributed by atoms with E-state index >= 15 is 0 Å². The fraction of sp³-hybridized carbons (Fsp3) is 0.500. The van der Waals surface area contributed by atoms with Gasteiger partial charge in [0.1, 0.15) is 0 Å². The van der Waals surface area contributed by atoms with Crippen molar-refractivity contribution in [3.05, 3.63) is 0 Å². The predicted octanol–water partition coefficient (Wildman–Crippen LogP) is 0.323. The first-order valence-electron chi connectivity index (χ1n) is 1.92. The Kier molecular flexibility index (Phi) is 2.56. The van der Waals surface area contributed by atoms with Gasteiger partial charge in [-0.25, -0.2) is 9.18 Å². The summed E-state index contributed by atoms with van der Waals surface area (Å²) in [6, 6.07) is 1.39. The molecule has 0 rings (SSSR count). The van der Waals surface area contributed by atoms with Gasteiger partial charge in [-0.05, 0) is 0 Å². The van der Waals surface area contributed by atoms with Gasteiger partial charge in [-0.1, -0.05) is 0 Å². The summed E-state index contributed by atoms with van der Waals surface area (Å²) in [5, 5.41) is 15.5. The first-order valence-corrected chi connectivity index (χ1v) is 1.92. The van der Waals surface area contributed by atoms with E-state index < -0.39 is 18.6 Å². The number of hydrogen-bond acceptors (Lipinski definition) is 2. The zero-order valence-corrected chi connectivity index (χ0v) is 3.97. The Morgan fingerprint density at radius 2 is 2.50 bits per heavy atom. The lowest BCUT2D eigenvalue weighted by molar-refractivity contribution is -0.142. The Morgan fingerprint density at radius 3 is 2.62 bits per heavy atom. The van der Waals surface area contributed by atoms with Crippen molar-refractivity contribution in [2.45, 2.75) is 12.6 Å². The van der Waals surface area contributed by atoms with Crippen LogP contribution in [0.25, 0.3) is 0 Å². The van der Waals surface area contributed by atoms with Gasteiger partial charge in [0.05, 0.1) is 12.5 Å². The molecule has 8 heavy (non-hydrogen) atoms. The quantitative estimate of drug-likeness (QED) is 0.566. The minimum atomic E-state index is -2.03. The summed E-state index contributed by atoms with van der Waals surface area (Å²) in [4.78, 5) is 9.56. The predicted molar refractivity (Wildman–Crippen MR) is 22.8 cm³/mol. The normalized spacial score (nSPS) is 12.0. The van der Waals surface area contributed by atoms with E-state index in [4.69, 9.17) is 10.4 Å². The molecule has 0 aliphatic carbocycles. The number of rotatable bonds is 2. The van der Waals surface area contributed by atoms with Crippen molar-refractivity contribution in [3.8, 4) is 6.07 Å². The van der Waals surface area contributed by atoms with Gasteiger partial charge in [0.25, 0.3) is 0 Å². The topological polar surface area (TPSA) is 61.1 Å². The molecule has 0 aromatic rings. The van der Waals surface area contributed by atoms with Crippen molar-refractivity contribution in [1.82, 2.24) is 0 Å². The van der Waals surface area contributed by atoms with E-state index in [2.05, 4.69) is 0 Å². The Bertz CT molecular complexity index is 128. The molecule has 0 aromatic heterocycles. The van der Waals surface area contributed by atoms with Gasteiger partial charge in [0.15, 0.2) is 0 Å². The van der Waals surface area contributed by atoms with Crippen molar-refractivity contribution < 1.29 is 14.3 Å². The number of carbonyl (C=O) groups is 1. The minimum absolute atomic E-state index is 0.574. The van der Waals surface area contributed by atoms with Gasteiger partial charge in [0.2, 0.25) is 6.17 Å². The molecule has 3 nitrogen and oxygen atoms in total. The SMILES string of the molecule is N#CC[C@H](F)C(=O)O. The maximum Gasteiger partial charge on any atom is 0.339 e. The van der Waals surface area contributed by atoms with E-state index in [-0.39, 0.29) is 0 Å². The van der Waals surface area contributed by atoms with E-state index in [0.717, 1.165) is 0 Å². The van der Waals surface area contributed by atoms with Crippen LogP contribution >= 0.6 is 0 Å². The number of nitriles is 1. The lowest BCUT2D eigenvalue weighted by atomic mass is 10.3. The smallest absolute Gasteiger partial charge is 0.339 e. The van der Waals surface area contributed by atoms with Crippen LogP contribution in [0.15, 0.2) is 0 Å². The largest absolute Gasteiger partial charge is 0.479 e. The highest BCUT2D eigenvalue weighted by atomic mass is 19.1. The van der Waals surface area contributed by atoms with Crippen molar-refractivity contribution in [2.24, 2.45) is 0 Å². The number of halogens is 1. The maximum absolute atomic E-state index is 11.7. The van der Waals surface area contributed by atoms with Crippen LogP contribution in [0.5, 0.6) is 0 Å². The molecule has 0 aromatic carbocycles. The van der Waals surface area contributed by atoms with Crippen LogP contribution in [0.1, 0.15) is 6.42 Å². The fourth-order valence-corrected chi connectivity index (χ4v) is 0.167. The Labute approximate surface area is 45.3 Å². The summed E-state index contributed by atoms with van der Waals surface area (Å²) in [7, 11) is 0. The highest BCUT2D eigenvalue weighted by molar-refractivity contribution is 5.72. The molecule has 0 heterocycles. The molecule has 0 fully saturated rings. The first kappa shape index (κ1) is 6.89.